The van der Waals surface area contributed by atoms with E-state index in [-0.39, 0.29) is 17.3 Å². The third kappa shape index (κ3) is 4.90. The van der Waals surface area contributed by atoms with Gasteiger partial charge in [0.1, 0.15) is 5.75 Å². The highest BCUT2D eigenvalue weighted by molar-refractivity contribution is 5.92. The van der Waals surface area contributed by atoms with Crippen LogP contribution >= 0.6 is 0 Å². The normalized spacial score (nSPS) is 18.2. The number of nitro benzene ring substituents is 1. The Hall–Kier alpha value is -2.19. The molecule has 0 spiro atoms. The number of benzene rings is 1. The van der Waals surface area contributed by atoms with E-state index in [1.165, 1.54) is 31.7 Å². The summed E-state index contributed by atoms with van der Waals surface area (Å²) in [4.78, 5) is 24.7. The Balaban J connectivity index is 1.89. The summed E-state index contributed by atoms with van der Waals surface area (Å²) in [5.74, 6) is 0.152. The van der Waals surface area contributed by atoms with Gasteiger partial charge in [-0.05, 0) is 32.5 Å². The lowest BCUT2D eigenvalue weighted by atomic mass is 10.1. The Labute approximate surface area is 141 Å². The van der Waals surface area contributed by atoms with Crippen molar-refractivity contribution in [2.24, 2.45) is 0 Å². The number of likely N-dealkylation sites (N-methyl/N-ethyl adjacent to an activating group) is 1. The molecule has 8 nitrogen and oxygen atoms in total. The van der Waals surface area contributed by atoms with Crippen molar-refractivity contribution in [3.05, 3.63) is 28.3 Å². The van der Waals surface area contributed by atoms with Gasteiger partial charge in [0.15, 0.2) is 0 Å². The molecule has 0 bridgehead atoms. The van der Waals surface area contributed by atoms with Crippen molar-refractivity contribution < 1.29 is 14.5 Å². The lowest BCUT2D eigenvalue weighted by Crippen LogP contribution is -2.45. The summed E-state index contributed by atoms with van der Waals surface area (Å²) >= 11 is 0. The minimum Gasteiger partial charge on any atom is -0.494 e. The zero-order chi connectivity index (χ0) is 17.5. The van der Waals surface area contributed by atoms with E-state index < -0.39 is 4.92 Å². The molecule has 1 aliphatic heterocycles. The van der Waals surface area contributed by atoms with Crippen molar-refractivity contribution in [1.82, 2.24) is 10.2 Å². The standard InChI is InChI=1S/C16H24N4O4/c1-17-12-4-3-8-19(11-12)9-7-16(21)18-14-6-5-13(20(22)23)10-15(14)24-2/h5-6,10,12,17H,3-4,7-9,11H2,1-2H3,(H,18,21). The topological polar surface area (TPSA) is 96.7 Å². The van der Waals surface area contributed by atoms with Gasteiger partial charge >= 0.3 is 0 Å². The Morgan fingerprint density at radius 2 is 2.29 bits per heavy atom. The summed E-state index contributed by atoms with van der Waals surface area (Å²) in [7, 11) is 3.38. The first kappa shape index (κ1) is 18.2. The van der Waals surface area contributed by atoms with Crippen LogP contribution in [0.5, 0.6) is 5.75 Å². The number of nitrogens with zero attached hydrogens (tertiary/aromatic N) is 2. The average Bonchev–Trinajstić information content (AvgIpc) is 2.60. The fourth-order valence-electron chi connectivity index (χ4n) is 2.86. The third-order valence-corrected chi connectivity index (χ3v) is 4.24. The van der Waals surface area contributed by atoms with Crippen molar-refractivity contribution in [3.63, 3.8) is 0 Å². The number of likely N-dealkylation sites (tertiary alicyclic amines) is 1. The predicted octanol–water partition coefficient (Wildman–Crippen LogP) is 1.62. The van der Waals surface area contributed by atoms with Crippen LogP contribution in [0, 0.1) is 10.1 Å². The predicted molar refractivity (Wildman–Crippen MR) is 91.4 cm³/mol. The van der Waals surface area contributed by atoms with E-state index in [2.05, 4.69) is 15.5 Å². The monoisotopic (exact) mass is 336 g/mol. The molecule has 1 unspecified atom stereocenters. The molecule has 2 N–H and O–H groups in total. The maximum absolute atomic E-state index is 12.2. The molecule has 1 aliphatic rings. The molecular weight excluding hydrogens is 312 g/mol. The maximum atomic E-state index is 12.2. The molecule has 1 atom stereocenters. The molecule has 1 fully saturated rings. The van der Waals surface area contributed by atoms with Gasteiger partial charge in [0, 0.05) is 31.6 Å². The molecule has 132 valence electrons. The van der Waals surface area contributed by atoms with E-state index in [1.807, 2.05) is 7.05 Å². The van der Waals surface area contributed by atoms with Crippen LogP contribution in [-0.4, -0.2) is 55.6 Å². The number of methoxy groups -OCH3 is 1. The highest BCUT2D eigenvalue weighted by Crippen LogP contribution is 2.29. The summed E-state index contributed by atoms with van der Waals surface area (Å²) in [6, 6.07) is 4.63. The molecule has 0 aromatic heterocycles. The fraction of sp³-hybridized carbons (Fsp3) is 0.562. The summed E-state index contributed by atoms with van der Waals surface area (Å²) < 4.78 is 5.12. The number of nitro groups is 1. The largest absolute Gasteiger partial charge is 0.494 e. The molecule has 0 aliphatic carbocycles. The van der Waals surface area contributed by atoms with Crippen LogP contribution in [0.15, 0.2) is 18.2 Å². The van der Waals surface area contributed by atoms with Gasteiger partial charge in [0.2, 0.25) is 5.91 Å². The second-order valence-electron chi connectivity index (χ2n) is 5.87. The van der Waals surface area contributed by atoms with Gasteiger partial charge in [-0.25, -0.2) is 0 Å². The van der Waals surface area contributed by atoms with Crippen LogP contribution in [0.1, 0.15) is 19.3 Å². The zero-order valence-corrected chi connectivity index (χ0v) is 14.1. The van der Waals surface area contributed by atoms with E-state index in [9.17, 15) is 14.9 Å². The van der Waals surface area contributed by atoms with Gasteiger partial charge < -0.3 is 20.3 Å². The Morgan fingerprint density at radius 1 is 1.50 bits per heavy atom. The molecule has 0 radical (unpaired) electrons. The second kappa shape index (κ2) is 8.60. The van der Waals surface area contributed by atoms with Crippen LogP contribution in [0.25, 0.3) is 0 Å². The molecule has 1 amide bonds. The minimum atomic E-state index is -0.497. The molecule has 1 saturated heterocycles. The van der Waals surface area contributed by atoms with Crippen LogP contribution in [-0.2, 0) is 4.79 Å². The van der Waals surface area contributed by atoms with Crippen molar-refractivity contribution in [3.8, 4) is 5.75 Å². The van der Waals surface area contributed by atoms with E-state index in [4.69, 9.17) is 4.74 Å². The Kier molecular flexibility index (Phi) is 6.51. The van der Waals surface area contributed by atoms with Gasteiger partial charge in [0.05, 0.1) is 23.8 Å². The first-order valence-corrected chi connectivity index (χ1v) is 8.05. The van der Waals surface area contributed by atoms with Gasteiger partial charge in [-0.1, -0.05) is 0 Å². The van der Waals surface area contributed by atoms with Gasteiger partial charge in [0.25, 0.3) is 5.69 Å². The second-order valence-corrected chi connectivity index (χ2v) is 5.87. The summed E-state index contributed by atoms with van der Waals surface area (Å²) in [6.45, 7) is 2.65. The number of non-ortho nitro benzene ring substituents is 1. The molecule has 1 heterocycles. The van der Waals surface area contributed by atoms with E-state index in [1.54, 1.807) is 0 Å². The smallest absolute Gasteiger partial charge is 0.273 e. The molecule has 24 heavy (non-hydrogen) atoms. The molecule has 2 rings (SSSR count). The number of ether oxygens (including phenoxy) is 1. The molecular formula is C16H24N4O4. The number of piperidine rings is 1. The summed E-state index contributed by atoms with van der Waals surface area (Å²) in [6.07, 6.45) is 2.67. The number of hydrogen-bond donors (Lipinski definition) is 2. The number of hydrogen-bond acceptors (Lipinski definition) is 6. The van der Waals surface area contributed by atoms with Gasteiger partial charge in [-0.3, -0.25) is 14.9 Å². The maximum Gasteiger partial charge on any atom is 0.273 e. The van der Waals surface area contributed by atoms with Crippen molar-refractivity contribution in [2.75, 3.05) is 39.1 Å². The Morgan fingerprint density at radius 3 is 2.96 bits per heavy atom. The lowest BCUT2D eigenvalue weighted by molar-refractivity contribution is -0.384. The number of carbonyl (C=O) groups is 1. The number of amides is 1. The van der Waals surface area contributed by atoms with Gasteiger partial charge in [-0.2, -0.15) is 0 Å². The molecule has 0 saturated carbocycles. The van der Waals surface area contributed by atoms with Crippen molar-refractivity contribution in [2.45, 2.75) is 25.3 Å². The molecule has 8 heteroatoms. The SMILES string of the molecule is CNC1CCCN(CCC(=O)Nc2ccc([N+](=O)[O-])cc2OC)C1. The third-order valence-electron chi connectivity index (χ3n) is 4.24. The first-order chi connectivity index (χ1) is 11.5. The first-order valence-electron chi connectivity index (χ1n) is 8.05. The van der Waals surface area contributed by atoms with E-state index in [0.29, 0.717) is 24.7 Å². The van der Waals surface area contributed by atoms with Crippen LogP contribution in [0.3, 0.4) is 0 Å². The molecule has 1 aromatic carbocycles. The number of nitrogens with one attached hydrogen (secondary N) is 2. The molecule has 1 aromatic rings. The minimum absolute atomic E-state index is 0.0729. The highest BCUT2D eigenvalue weighted by atomic mass is 16.6. The lowest BCUT2D eigenvalue weighted by Gasteiger charge is -2.32. The van der Waals surface area contributed by atoms with Crippen molar-refractivity contribution >= 4 is 17.3 Å². The highest BCUT2D eigenvalue weighted by Gasteiger charge is 2.19. The quantitative estimate of drug-likeness (QED) is 0.580. The Bertz CT molecular complexity index is 593. The van der Waals surface area contributed by atoms with Crippen LogP contribution in [0.4, 0.5) is 11.4 Å². The van der Waals surface area contributed by atoms with E-state index >= 15 is 0 Å². The van der Waals surface area contributed by atoms with Crippen LogP contribution < -0.4 is 15.4 Å². The average molecular weight is 336 g/mol. The summed E-state index contributed by atoms with van der Waals surface area (Å²) in [5.41, 5.74) is 0.371. The fourth-order valence-corrected chi connectivity index (χ4v) is 2.86. The summed E-state index contributed by atoms with van der Waals surface area (Å²) in [5, 5.41) is 16.8. The van der Waals surface area contributed by atoms with Crippen LogP contribution in [0.2, 0.25) is 0 Å². The number of carbonyl (C=O) groups excluding carboxylic acids is 1. The number of anilines is 1. The van der Waals surface area contributed by atoms with Crippen molar-refractivity contribution in [1.29, 1.82) is 0 Å². The van der Waals surface area contributed by atoms with Gasteiger partial charge in [-0.15, -0.1) is 0 Å². The number of rotatable bonds is 7. The van der Waals surface area contributed by atoms with E-state index in [0.717, 1.165) is 19.5 Å². The zero-order valence-electron chi connectivity index (χ0n) is 14.1.